The number of aromatic nitrogens is 2. The van der Waals surface area contributed by atoms with E-state index in [1.807, 2.05) is 0 Å². The minimum absolute atomic E-state index is 0.122. The standard InChI is InChI=1S/C10H12F3N3O2/c11-10(12,13)8-1-2-9(16-15-8)14-5-7-6-17-3-4-18-7/h1-2,7H,3-6H2,(H,14,16). The van der Waals surface area contributed by atoms with Crippen LogP contribution in [0.4, 0.5) is 19.0 Å². The Morgan fingerprint density at radius 3 is 2.67 bits per heavy atom. The molecule has 1 atom stereocenters. The fourth-order valence-corrected chi connectivity index (χ4v) is 1.45. The summed E-state index contributed by atoms with van der Waals surface area (Å²) in [6.07, 6.45) is -4.59. The minimum Gasteiger partial charge on any atom is -0.376 e. The van der Waals surface area contributed by atoms with Crippen LogP contribution >= 0.6 is 0 Å². The topological polar surface area (TPSA) is 56.3 Å². The Kier molecular flexibility index (Phi) is 3.97. The Hall–Kier alpha value is -1.41. The molecule has 1 saturated heterocycles. The Balaban J connectivity index is 1.86. The van der Waals surface area contributed by atoms with Crippen molar-refractivity contribution >= 4 is 5.82 Å². The summed E-state index contributed by atoms with van der Waals surface area (Å²) in [6, 6.07) is 2.12. The number of hydrogen-bond acceptors (Lipinski definition) is 5. The average Bonchev–Trinajstić information content (AvgIpc) is 2.37. The maximum atomic E-state index is 12.2. The maximum Gasteiger partial charge on any atom is 0.435 e. The molecule has 0 aliphatic carbocycles. The van der Waals surface area contributed by atoms with Gasteiger partial charge in [0.05, 0.1) is 25.9 Å². The van der Waals surface area contributed by atoms with Gasteiger partial charge in [-0.05, 0) is 12.1 Å². The first-order valence-electron chi connectivity index (χ1n) is 5.40. The second-order valence-electron chi connectivity index (χ2n) is 3.75. The first kappa shape index (κ1) is 13.0. The molecule has 1 fully saturated rings. The van der Waals surface area contributed by atoms with Gasteiger partial charge in [0.25, 0.3) is 0 Å². The van der Waals surface area contributed by atoms with Crippen molar-refractivity contribution in [2.75, 3.05) is 31.7 Å². The maximum absolute atomic E-state index is 12.2. The Morgan fingerprint density at radius 1 is 1.28 bits per heavy atom. The SMILES string of the molecule is FC(F)(F)c1ccc(NCC2COCCO2)nn1. The second-order valence-corrected chi connectivity index (χ2v) is 3.75. The van der Waals surface area contributed by atoms with Crippen molar-refractivity contribution in [3.8, 4) is 0 Å². The van der Waals surface area contributed by atoms with Gasteiger partial charge in [-0.1, -0.05) is 0 Å². The van der Waals surface area contributed by atoms with Gasteiger partial charge in [0.1, 0.15) is 5.82 Å². The van der Waals surface area contributed by atoms with Crippen LogP contribution in [-0.4, -0.2) is 42.7 Å². The van der Waals surface area contributed by atoms with E-state index < -0.39 is 11.9 Å². The summed E-state index contributed by atoms with van der Waals surface area (Å²) in [7, 11) is 0. The number of ether oxygens (including phenoxy) is 2. The zero-order chi connectivity index (χ0) is 13.0. The van der Waals surface area contributed by atoms with Crippen LogP contribution in [0, 0.1) is 0 Å². The van der Waals surface area contributed by atoms with Crippen LogP contribution in [0.2, 0.25) is 0 Å². The highest BCUT2D eigenvalue weighted by Crippen LogP contribution is 2.27. The minimum atomic E-state index is -4.47. The fourth-order valence-electron chi connectivity index (χ4n) is 1.45. The molecule has 1 N–H and O–H groups in total. The van der Waals surface area contributed by atoms with Crippen LogP contribution in [0.3, 0.4) is 0 Å². The number of nitrogens with zero attached hydrogens (tertiary/aromatic N) is 2. The summed E-state index contributed by atoms with van der Waals surface area (Å²) in [4.78, 5) is 0. The lowest BCUT2D eigenvalue weighted by Crippen LogP contribution is -2.34. The van der Waals surface area contributed by atoms with Crippen LogP contribution < -0.4 is 5.32 Å². The predicted molar refractivity (Wildman–Crippen MR) is 56.1 cm³/mol. The van der Waals surface area contributed by atoms with Crippen molar-refractivity contribution in [3.63, 3.8) is 0 Å². The van der Waals surface area contributed by atoms with Crippen LogP contribution in [-0.2, 0) is 15.7 Å². The van der Waals surface area contributed by atoms with Gasteiger partial charge in [0.15, 0.2) is 5.69 Å². The molecule has 1 unspecified atom stereocenters. The van der Waals surface area contributed by atoms with Gasteiger partial charge in [-0.3, -0.25) is 0 Å². The summed E-state index contributed by atoms with van der Waals surface area (Å²) < 4.78 is 47.3. The summed E-state index contributed by atoms with van der Waals surface area (Å²) in [5, 5.41) is 9.40. The van der Waals surface area contributed by atoms with Gasteiger partial charge >= 0.3 is 6.18 Å². The molecule has 0 spiro atoms. The summed E-state index contributed by atoms with van der Waals surface area (Å²) >= 11 is 0. The molecular formula is C10H12F3N3O2. The zero-order valence-corrected chi connectivity index (χ0v) is 9.41. The predicted octanol–water partition coefficient (Wildman–Crippen LogP) is 1.32. The van der Waals surface area contributed by atoms with E-state index in [0.29, 0.717) is 26.4 Å². The number of hydrogen-bond donors (Lipinski definition) is 1. The monoisotopic (exact) mass is 263 g/mol. The highest BCUT2D eigenvalue weighted by Gasteiger charge is 2.32. The normalized spacial score (nSPS) is 20.7. The van der Waals surface area contributed by atoms with E-state index in [2.05, 4.69) is 15.5 Å². The molecule has 0 saturated carbocycles. The van der Waals surface area contributed by atoms with Gasteiger partial charge in [-0.15, -0.1) is 10.2 Å². The highest BCUT2D eigenvalue weighted by molar-refractivity contribution is 5.33. The van der Waals surface area contributed by atoms with E-state index in [0.717, 1.165) is 6.07 Å². The lowest BCUT2D eigenvalue weighted by atomic mass is 10.3. The van der Waals surface area contributed by atoms with Crippen molar-refractivity contribution in [1.82, 2.24) is 10.2 Å². The van der Waals surface area contributed by atoms with Gasteiger partial charge in [0.2, 0.25) is 0 Å². The molecule has 2 heterocycles. The molecule has 0 bridgehead atoms. The number of anilines is 1. The van der Waals surface area contributed by atoms with Crippen molar-refractivity contribution in [3.05, 3.63) is 17.8 Å². The van der Waals surface area contributed by atoms with Crippen LogP contribution in [0.25, 0.3) is 0 Å². The molecule has 0 radical (unpaired) electrons. The number of halogens is 3. The average molecular weight is 263 g/mol. The Morgan fingerprint density at radius 2 is 2.11 bits per heavy atom. The molecule has 0 aromatic carbocycles. The third kappa shape index (κ3) is 3.54. The van der Waals surface area contributed by atoms with E-state index >= 15 is 0 Å². The number of nitrogens with one attached hydrogen (secondary N) is 1. The van der Waals surface area contributed by atoms with E-state index in [-0.39, 0.29) is 11.9 Å². The van der Waals surface area contributed by atoms with E-state index in [9.17, 15) is 13.2 Å². The number of alkyl halides is 3. The summed E-state index contributed by atoms with van der Waals surface area (Å²) in [6.45, 7) is 1.96. The quantitative estimate of drug-likeness (QED) is 0.891. The molecule has 18 heavy (non-hydrogen) atoms. The first-order chi connectivity index (χ1) is 8.55. The molecule has 1 aromatic rings. The smallest absolute Gasteiger partial charge is 0.376 e. The van der Waals surface area contributed by atoms with Gasteiger partial charge in [0, 0.05) is 6.54 Å². The van der Waals surface area contributed by atoms with Gasteiger partial charge in [-0.2, -0.15) is 13.2 Å². The molecule has 0 amide bonds. The van der Waals surface area contributed by atoms with Crippen LogP contribution in [0.1, 0.15) is 5.69 Å². The lowest BCUT2D eigenvalue weighted by molar-refractivity contribution is -0.141. The molecular weight excluding hydrogens is 251 g/mol. The summed E-state index contributed by atoms with van der Waals surface area (Å²) in [5.74, 6) is 0.275. The molecule has 2 rings (SSSR count). The first-order valence-corrected chi connectivity index (χ1v) is 5.40. The van der Waals surface area contributed by atoms with Crippen molar-refractivity contribution < 1.29 is 22.6 Å². The molecule has 1 aliphatic rings. The van der Waals surface area contributed by atoms with Crippen molar-refractivity contribution in [2.24, 2.45) is 0 Å². The third-order valence-electron chi connectivity index (χ3n) is 2.35. The molecule has 8 heteroatoms. The van der Waals surface area contributed by atoms with Gasteiger partial charge < -0.3 is 14.8 Å². The van der Waals surface area contributed by atoms with E-state index in [1.54, 1.807) is 0 Å². The Labute approximate surface area is 101 Å². The Bertz CT molecular complexity index is 377. The summed E-state index contributed by atoms with van der Waals surface area (Å²) in [5.41, 5.74) is -1.01. The van der Waals surface area contributed by atoms with Crippen molar-refractivity contribution in [2.45, 2.75) is 12.3 Å². The van der Waals surface area contributed by atoms with Gasteiger partial charge in [-0.25, -0.2) is 0 Å². The number of rotatable bonds is 3. The molecule has 5 nitrogen and oxygen atoms in total. The highest BCUT2D eigenvalue weighted by atomic mass is 19.4. The molecule has 1 aliphatic heterocycles. The van der Waals surface area contributed by atoms with E-state index in [4.69, 9.17) is 9.47 Å². The van der Waals surface area contributed by atoms with Crippen LogP contribution in [0.15, 0.2) is 12.1 Å². The molecule has 1 aromatic heterocycles. The lowest BCUT2D eigenvalue weighted by Gasteiger charge is -2.23. The third-order valence-corrected chi connectivity index (χ3v) is 2.35. The fraction of sp³-hybridized carbons (Fsp3) is 0.600. The second kappa shape index (κ2) is 5.49. The largest absolute Gasteiger partial charge is 0.435 e. The van der Waals surface area contributed by atoms with Crippen molar-refractivity contribution in [1.29, 1.82) is 0 Å². The van der Waals surface area contributed by atoms with E-state index in [1.165, 1.54) is 6.07 Å². The molecule has 100 valence electrons. The zero-order valence-electron chi connectivity index (χ0n) is 9.41. The van der Waals surface area contributed by atoms with Crippen LogP contribution in [0.5, 0.6) is 0 Å².